The van der Waals surface area contributed by atoms with E-state index in [-0.39, 0.29) is 4.47 Å². The zero-order valence-corrected chi connectivity index (χ0v) is 8.70. The molecule has 0 aromatic carbocycles. The van der Waals surface area contributed by atoms with Crippen molar-refractivity contribution in [3.63, 3.8) is 0 Å². The number of nitrogens with zero attached hydrogens (tertiary/aromatic N) is 2. The summed E-state index contributed by atoms with van der Waals surface area (Å²) in [4.78, 5) is 0. The Morgan fingerprint density at radius 2 is 2.00 bits per heavy atom. The molecular weight excluding hydrogens is 249 g/mol. The van der Waals surface area contributed by atoms with Crippen LogP contribution in [0.3, 0.4) is 0 Å². The largest absolute Gasteiger partial charge is 0.436 e. The maximum Gasteiger partial charge on any atom is 0.436 e. The summed E-state index contributed by atoms with van der Waals surface area (Å²) in [6.45, 7) is 3.77. The average molecular weight is 257 g/mol. The number of rotatable bonds is 1. The van der Waals surface area contributed by atoms with Gasteiger partial charge in [0, 0.05) is 6.54 Å². The molecule has 0 unspecified atom stereocenters. The molecule has 0 bridgehead atoms. The molecule has 2 nitrogen and oxygen atoms in total. The van der Waals surface area contributed by atoms with Gasteiger partial charge in [0.15, 0.2) is 5.69 Å². The van der Waals surface area contributed by atoms with E-state index in [4.69, 9.17) is 0 Å². The molecule has 1 aromatic rings. The van der Waals surface area contributed by atoms with Crippen LogP contribution in [0.15, 0.2) is 4.47 Å². The first kappa shape index (κ1) is 10.6. The summed E-state index contributed by atoms with van der Waals surface area (Å²) in [5.74, 6) is 0. The highest BCUT2D eigenvalue weighted by molar-refractivity contribution is 9.10. The molecule has 13 heavy (non-hydrogen) atoms. The van der Waals surface area contributed by atoms with Crippen LogP contribution in [0.1, 0.15) is 18.3 Å². The van der Waals surface area contributed by atoms with E-state index < -0.39 is 11.9 Å². The molecule has 0 saturated heterocycles. The van der Waals surface area contributed by atoms with Crippen LogP contribution in [0.2, 0.25) is 0 Å². The SMILES string of the molecule is CCn1nc(C(F)(F)F)c(Br)c1C. The summed E-state index contributed by atoms with van der Waals surface area (Å²) in [6.07, 6.45) is -4.38. The highest BCUT2D eigenvalue weighted by Gasteiger charge is 2.37. The van der Waals surface area contributed by atoms with Crippen LogP contribution in [0.5, 0.6) is 0 Å². The van der Waals surface area contributed by atoms with Crippen LogP contribution in [0.4, 0.5) is 13.2 Å². The molecule has 1 aromatic heterocycles. The lowest BCUT2D eigenvalue weighted by Gasteiger charge is -2.01. The smallest absolute Gasteiger partial charge is 0.268 e. The third kappa shape index (κ3) is 1.87. The van der Waals surface area contributed by atoms with Crippen molar-refractivity contribution in [3.8, 4) is 0 Å². The van der Waals surface area contributed by atoms with E-state index in [9.17, 15) is 13.2 Å². The van der Waals surface area contributed by atoms with Crippen molar-refractivity contribution < 1.29 is 13.2 Å². The van der Waals surface area contributed by atoms with Crippen LogP contribution in [-0.2, 0) is 12.7 Å². The minimum absolute atomic E-state index is 0.0295. The van der Waals surface area contributed by atoms with Gasteiger partial charge in [-0.1, -0.05) is 0 Å². The van der Waals surface area contributed by atoms with Gasteiger partial charge in [-0.2, -0.15) is 18.3 Å². The minimum atomic E-state index is -4.38. The first-order chi connectivity index (χ1) is 5.88. The van der Waals surface area contributed by atoms with E-state index in [1.165, 1.54) is 4.68 Å². The molecule has 0 saturated carbocycles. The molecule has 0 atom stereocenters. The summed E-state index contributed by atoms with van der Waals surface area (Å²) >= 11 is 2.87. The highest BCUT2D eigenvalue weighted by atomic mass is 79.9. The van der Waals surface area contributed by atoms with Crippen LogP contribution in [0.25, 0.3) is 0 Å². The number of hydrogen-bond donors (Lipinski definition) is 0. The fourth-order valence-corrected chi connectivity index (χ4v) is 1.52. The number of halogens is 4. The molecular formula is C7H8BrF3N2. The average Bonchev–Trinajstić information content (AvgIpc) is 2.28. The van der Waals surface area contributed by atoms with Crippen molar-refractivity contribution in [1.29, 1.82) is 0 Å². The second-order valence-electron chi connectivity index (χ2n) is 2.56. The minimum Gasteiger partial charge on any atom is -0.268 e. The van der Waals surface area contributed by atoms with Gasteiger partial charge < -0.3 is 0 Å². The van der Waals surface area contributed by atoms with E-state index >= 15 is 0 Å². The summed E-state index contributed by atoms with van der Waals surface area (Å²) in [5, 5.41) is 3.44. The van der Waals surface area contributed by atoms with Gasteiger partial charge in [0.1, 0.15) is 0 Å². The molecule has 6 heteroatoms. The van der Waals surface area contributed by atoms with Gasteiger partial charge in [0.25, 0.3) is 0 Å². The van der Waals surface area contributed by atoms with Crippen LogP contribution < -0.4 is 0 Å². The third-order valence-corrected chi connectivity index (χ3v) is 2.65. The lowest BCUT2D eigenvalue weighted by atomic mass is 10.3. The summed E-state index contributed by atoms with van der Waals surface area (Å²) < 4.78 is 38.2. The Morgan fingerprint density at radius 3 is 2.23 bits per heavy atom. The Balaban J connectivity index is 3.25. The lowest BCUT2D eigenvalue weighted by molar-refractivity contribution is -0.142. The Hall–Kier alpha value is -0.520. The first-order valence-electron chi connectivity index (χ1n) is 3.68. The maximum atomic E-state index is 12.3. The number of hydrogen-bond acceptors (Lipinski definition) is 1. The van der Waals surface area contributed by atoms with Crippen molar-refractivity contribution in [2.24, 2.45) is 0 Å². The molecule has 0 N–H and O–H groups in total. The van der Waals surface area contributed by atoms with Gasteiger partial charge in [-0.15, -0.1) is 0 Å². The van der Waals surface area contributed by atoms with Crippen molar-refractivity contribution in [2.75, 3.05) is 0 Å². The molecule has 0 aliphatic heterocycles. The zero-order valence-electron chi connectivity index (χ0n) is 7.11. The Bertz CT molecular complexity index is 316. The molecule has 0 aliphatic rings. The van der Waals surface area contributed by atoms with Crippen LogP contribution in [0, 0.1) is 6.92 Å². The van der Waals surface area contributed by atoms with E-state index in [0.29, 0.717) is 12.2 Å². The Morgan fingerprint density at radius 1 is 1.46 bits per heavy atom. The van der Waals surface area contributed by atoms with Gasteiger partial charge in [-0.3, -0.25) is 4.68 Å². The zero-order chi connectivity index (χ0) is 10.2. The lowest BCUT2D eigenvalue weighted by Crippen LogP contribution is -2.08. The Labute approximate surface area is 81.9 Å². The monoisotopic (exact) mass is 256 g/mol. The van der Waals surface area contributed by atoms with Gasteiger partial charge >= 0.3 is 6.18 Å². The number of alkyl halides is 3. The van der Waals surface area contributed by atoms with Gasteiger partial charge in [0.05, 0.1) is 10.2 Å². The van der Waals surface area contributed by atoms with Crippen molar-refractivity contribution in [1.82, 2.24) is 9.78 Å². The topological polar surface area (TPSA) is 17.8 Å². The van der Waals surface area contributed by atoms with Gasteiger partial charge in [-0.05, 0) is 29.8 Å². The number of aryl methyl sites for hydroxylation is 1. The number of aromatic nitrogens is 2. The first-order valence-corrected chi connectivity index (χ1v) is 4.47. The van der Waals surface area contributed by atoms with Crippen LogP contribution in [-0.4, -0.2) is 9.78 Å². The fourth-order valence-electron chi connectivity index (χ4n) is 1.01. The second kappa shape index (κ2) is 3.32. The molecule has 0 amide bonds. The highest BCUT2D eigenvalue weighted by Crippen LogP contribution is 2.35. The van der Waals surface area contributed by atoms with E-state index in [0.717, 1.165) is 0 Å². The van der Waals surface area contributed by atoms with E-state index in [2.05, 4.69) is 21.0 Å². The molecule has 0 fully saturated rings. The predicted octanol–water partition coefficient (Wildman–Crippen LogP) is 2.99. The van der Waals surface area contributed by atoms with Crippen molar-refractivity contribution in [2.45, 2.75) is 26.6 Å². The molecule has 0 aliphatic carbocycles. The fraction of sp³-hybridized carbons (Fsp3) is 0.571. The van der Waals surface area contributed by atoms with Crippen LogP contribution >= 0.6 is 15.9 Å². The molecule has 0 radical (unpaired) electrons. The van der Waals surface area contributed by atoms with Gasteiger partial charge in [0.2, 0.25) is 0 Å². The van der Waals surface area contributed by atoms with E-state index in [1.807, 2.05) is 0 Å². The Kier molecular flexibility index (Phi) is 2.70. The summed E-state index contributed by atoms with van der Waals surface area (Å²) in [7, 11) is 0. The molecule has 1 rings (SSSR count). The standard InChI is InChI=1S/C7H8BrF3N2/c1-3-13-4(2)5(8)6(12-13)7(9,10)11/h3H2,1-2H3. The normalized spacial score (nSPS) is 12.2. The molecule has 0 spiro atoms. The molecule has 1 heterocycles. The predicted molar refractivity (Wildman–Crippen MR) is 45.3 cm³/mol. The van der Waals surface area contributed by atoms with Crippen molar-refractivity contribution >= 4 is 15.9 Å². The van der Waals surface area contributed by atoms with Crippen molar-refractivity contribution in [3.05, 3.63) is 15.9 Å². The quantitative estimate of drug-likeness (QED) is 0.756. The van der Waals surface area contributed by atoms with E-state index in [1.54, 1.807) is 13.8 Å². The summed E-state index contributed by atoms with van der Waals surface area (Å²) in [6, 6.07) is 0. The maximum absolute atomic E-state index is 12.3. The third-order valence-electron chi connectivity index (χ3n) is 1.70. The van der Waals surface area contributed by atoms with Gasteiger partial charge in [-0.25, -0.2) is 0 Å². The molecule has 74 valence electrons. The summed E-state index contributed by atoms with van der Waals surface area (Å²) in [5.41, 5.74) is -0.360. The second-order valence-corrected chi connectivity index (χ2v) is 3.35.